The number of aryl methyl sites for hydroxylation is 2. The summed E-state index contributed by atoms with van der Waals surface area (Å²) < 4.78 is 39.1. The van der Waals surface area contributed by atoms with Crippen LogP contribution in [0.25, 0.3) is 0 Å². The summed E-state index contributed by atoms with van der Waals surface area (Å²) in [4.78, 5) is 17.9. The Kier molecular flexibility index (Phi) is 8.56. The van der Waals surface area contributed by atoms with E-state index in [9.17, 15) is 13.2 Å². The van der Waals surface area contributed by atoms with Crippen molar-refractivity contribution < 1.29 is 22.7 Å². The van der Waals surface area contributed by atoms with Gasteiger partial charge >= 0.3 is 0 Å². The molecule has 37 heavy (non-hydrogen) atoms. The van der Waals surface area contributed by atoms with E-state index in [4.69, 9.17) is 9.47 Å². The van der Waals surface area contributed by atoms with Crippen LogP contribution in [0.15, 0.2) is 59.5 Å². The SMILES string of the molecule is COc1ccc(CCN(Cc2ccc(C)s2)C(=O)CN(C2CC2)S(=O)(=O)c2ccc(C)cc2)cc1OC. The molecule has 1 aromatic heterocycles. The van der Waals surface area contributed by atoms with Gasteiger partial charge in [-0.3, -0.25) is 4.79 Å². The number of carbonyl (C=O) groups is 1. The Morgan fingerprint density at radius 3 is 2.27 bits per heavy atom. The molecule has 1 aliphatic rings. The third-order valence-electron chi connectivity index (χ3n) is 6.49. The fraction of sp³-hybridized carbons (Fsp3) is 0.393. The van der Waals surface area contributed by atoms with Gasteiger partial charge in [0.2, 0.25) is 15.9 Å². The van der Waals surface area contributed by atoms with Gasteiger partial charge in [0.1, 0.15) is 0 Å². The largest absolute Gasteiger partial charge is 0.493 e. The van der Waals surface area contributed by atoms with E-state index in [-0.39, 0.29) is 23.4 Å². The van der Waals surface area contributed by atoms with Crippen molar-refractivity contribution in [2.45, 2.75) is 50.6 Å². The first kappa shape index (κ1) is 27.2. The molecule has 2 aromatic carbocycles. The summed E-state index contributed by atoms with van der Waals surface area (Å²) in [6.45, 7) is 4.67. The molecule has 0 radical (unpaired) electrons. The van der Waals surface area contributed by atoms with Gasteiger partial charge in [-0.15, -0.1) is 11.3 Å². The molecule has 3 aromatic rings. The number of hydrogen-bond donors (Lipinski definition) is 0. The number of methoxy groups -OCH3 is 2. The van der Waals surface area contributed by atoms with E-state index in [0.717, 1.165) is 28.8 Å². The van der Waals surface area contributed by atoms with E-state index in [1.54, 1.807) is 54.7 Å². The lowest BCUT2D eigenvalue weighted by atomic mass is 10.1. The highest BCUT2D eigenvalue weighted by Gasteiger charge is 2.40. The average Bonchev–Trinajstić information content (AvgIpc) is 3.65. The average molecular weight is 543 g/mol. The number of thiophene rings is 1. The quantitative estimate of drug-likeness (QED) is 0.328. The van der Waals surface area contributed by atoms with Gasteiger partial charge in [-0.05, 0) is 75.1 Å². The Morgan fingerprint density at radius 2 is 1.68 bits per heavy atom. The van der Waals surface area contributed by atoms with Gasteiger partial charge < -0.3 is 14.4 Å². The molecule has 1 saturated carbocycles. The van der Waals surface area contributed by atoms with Crippen molar-refractivity contribution in [3.05, 3.63) is 75.5 Å². The minimum absolute atomic E-state index is 0.132. The van der Waals surface area contributed by atoms with E-state index in [1.807, 2.05) is 44.2 Å². The van der Waals surface area contributed by atoms with Crippen molar-refractivity contribution >= 4 is 27.3 Å². The zero-order valence-electron chi connectivity index (χ0n) is 21.8. The van der Waals surface area contributed by atoms with Crippen molar-refractivity contribution in [2.24, 2.45) is 0 Å². The first-order valence-electron chi connectivity index (χ1n) is 12.3. The molecule has 0 spiro atoms. The second kappa shape index (κ2) is 11.7. The van der Waals surface area contributed by atoms with Crippen LogP contribution in [0.5, 0.6) is 11.5 Å². The molecule has 1 fully saturated rings. The van der Waals surface area contributed by atoms with E-state index >= 15 is 0 Å². The zero-order chi connectivity index (χ0) is 26.6. The van der Waals surface area contributed by atoms with Gasteiger partial charge in [-0.25, -0.2) is 8.42 Å². The van der Waals surface area contributed by atoms with E-state index in [1.165, 1.54) is 9.18 Å². The number of sulfonamides is 1. The van der Waals surface area contributed by atoms with Gasteiger partial charge in [0.25, 0.3) is 0 Å². The summed E-state index contributed by atoms with van der Waals surface area (Å²) in [6, 6.07) is 16.5. The second-order valence-electron chi connectivity index (χ2n) is 9.36. The summed E-state index contributed by atoms with van der Waals surface area (Å²) in [7, 11) is -0.588. The predicted molar refractivity (Wildman–Crippen MR) is 146 cm³/mol. The van der Waals surface area contributed by atoms with E-state index < -0.39 is 10.0 Å². The molecule has 0 atom stereocenters. The normalized spacial score (nSPS) is 13.5. The molecule has 1 heterocycles. The first-order valence-corrected chi connectivity index (χ1v) is 14.6. The standard InChI is InChI=1S/C28H34N2O5S2/c1-20-5-12-25(13-6-20)37(32,33)30(23-9-10-23)19-28(31)29(18-24-11-7-21(2)36-24)16-15-22-8-14-26(34-3)27(17-22)35-4/h5-8,11-14,17,23H,9-10,15-16,18-19H2,1-4H3. The van der Waals surface area contributed by atoms with Crippen LogP contribution in [-0.4, -0.2) is 56.9 Å². The maximum Gasteiger partial charge on any atom is 0.243 e. The number of rotatable bonds is 12. The molecule has 0 saturated heterocycles. The summed E-state index contributed by atoms with van der Waals surface area (Å²) in [5, 5.41) is 0. The molecule has 0 unspecified atom stereocenters. The number of nitrogens with zero attached hydrogens (tertiary/aromatic N) is 2. The highest BCUT2D eigenvalue weighted by molar-refractivity contribution is 7.89. The Bertz CT molecular complexity index is 1330. The van der Waals surface area contributed by atoms with Gasteiger partial charge in [0.05, 0.1) is 32.2 Å². The van der Waals surface area contributed by atoms with Crippen molar-refractivity contribution in [3.8, 4) is 11.5 Å². The minimum atomic E-state index is -3.78. The van der Waals surface area contributed by atoms with Gasteiger partial charge in [0, 0.05) is 22.3 Å². The molecular formula is C28H34N2O5S2. The van der Waals surface area contributed by atoms with Crippen LogP contribution in [0.4, 0.5) is 0 Å². The third-order valence-corrected chi connectivity index (χ3v) is 9.38. The Balaban J connectivity index is 1.54. The number of hydrogen-bond acceptors (Lipinski definition) is 6. The summed E-state index contributed by atoms with van der Waals surface area (Å²) >= 11 is 1.65. The fourth-order valence-corrected chi connectivity index (χ4v) is 6.74. The monoisotopic (exact) mass is 542 g/mol. The third kappa shape index (κ3) is 6.71. The molecular weight excluding hydrogens is 508 g/mol. The molecule has 0 bridgehead atoms. The van der Waals surface area contributed by atoms with Gasteiger partial charge in [0.15, 0.2) is 11.5 Å². The second-order valence-corrected chi connectivity index (χ2v) is 12.6. The summed E-state index contributed by atoms with van der Waals surface area (Å²) in [5.74, 6) is 1.08. The van der Waals surface area contributed by atoms with E-state index in [2.05, 4.69) is 0 Å². The Hall–Kier alpha value is -2.88. The molecule has 4 rings (SSSR count). The van der Waals surface area contributed by atoms with E-state index in [0.29, 0.717) is 31.0 Å². The number of carbonyl (C=O) groups excluding carboxylic acids is 1. The van der Waals surface area contributed by atoms with Crippen molar-refractivity contribution in [1.29, 1.82) is 0 Å². The van der Waals surface area contributed by atoms with Crippen LogP contribution in [-0.2, 0) is 27.8 Å². The van der Waals surface area contributed by atoms with Gasteiger partial charge in [-0.1, -0.05) is 23.8 Å². The lowest BCUT2D eigenvalue weighted by Crippen LogP contribution is -2.44. The topological polar surface area (TPSA) is 76.2 Å². The molecule has 9 heteroatoms. The van der Waals surface area contributed by atoms with Crippen LogP contribution in [0.3, 0.4) is 0 Å². The zero-order valence-corrected chi connectivity index (χ0v) is 23.4. The molecule has 0 aliphatic heterocycles. The number of ether oxygens (including phenoxy) is 2. The summed E-state index contributed by atoms with van der Waals surface area (Å²) in [5.41, 5.74) is 1.99. The molecule has 198 valence electrons. The Morgan fingerprint density at radius 1 is 0.973 bits per heavy atom. The lowest BCUT2D eigenvalue weighted by molar-refractivity contribution is -0.132. The molecule has 1 amide bonds. The molecule has 7 nitrogen and oxygen atoms in total. The lowest BCUT2D eigenvalue weighted by Gasteiger charge is -2.27. The van der Waals surface area contributed by atoms with Gasteiger partial charge in [-0.2, -0.15) is 4.31 Å². The Labute approximate surface area is 223 Å². The first-order chi connectivity index (χ1) is 17.7. The minimum Gasteiger partial charge on any atom is -0.493 e. The van der Waals surface area contributed by atoms with Crippen LogP contribution in [0, 0.1) is 13.8 Å². The smallest absolute Gasteiger partial charge is 0.243 e. The predicted octanol–water partition coefficient (Wildman–Crippen LogP) is 4.81. The van der Waals surface area contributed by atoms with Crippen LogP contribution >= 0.6 is 11.3 Å². The van der Waals surface area contributed by atoms with Crippen LogP contribution in [0.2, 0.25) is 0 Å². The van der Waals surface area contributed by atoms with Crippen molar-refractivity contribution in [2.75, 3.05) is 27.3 Å². The van der Waals surface area contributed by atoms with Crippen LogP contribution in [0.1, 0.15) is 33.7 Å². The maximum atomic E-state index is 13.7. The van der Waals surface area contributed by atoms with Crippen molar-refractivity contribution in [3.63, 3.8) is 0 Å². The number of benzene rings is 2. The molecule has 0 N–H and O–H groups in total. The summed E-state index contributed by atoms with van der Waals surface area (Å²) in [6.07, 6.45) is 2.15. The molecule has 1 aliphatic carbocycles. The maximum absolute atomic E-state index is 13.7. The highest BCUT2D eigenvalue weighted by atomic mass is 32.2. The van der Waals surface area contributed by atoms with Crippen LogP contribution < -0.4 is 9.47 Å². The fourth-order valence-electron chi connectivity index (χ4n) is 4.20. The number of amides is 1. The van der Waals surface area contributed by atoms with Crippen molar-refractivity contribution in [1.82, 2.24) is 9.21 Å². The highest BCUT2D eigenvalue weighted by Crippen LogP contribution is 2.32.